The van der Waals surface area contributed by atoms with E-state index in [1.54, 1.807) is 0 Å². The highest BCUT2D eigenvalue weighted by Gasteiger charge is 2.19. The molecule has 0 N–H and O–H groups in total. The van der Waals surface area contributed by atoms with E-state index in [2.05, 4.69) is 4.74 Å². The molecule has 0 aromatic heterocycles. The summed E-state index contributed by atoms with van der Waals surface area (Å²) in [6.45, 7) is 0. The Balaban J connectivity index is 1.92. The number of hydrogen-bond acceptors (Lipinski definition) is 4. The van der Waals surface area contributed by atoms with E-state index in [0.717, 1.165) is 12.1 Å². The SMILES string of the molecule is O=C(CCC(=O)Oc1c(F)cccc1Cl)Oc1ccc(F)c(F)c1F. The molecule has 0 aliphatic heterocycles. The first-order chi connectivity index (χ1) is 11.8. The molecule has 0 saturated carbocycles. The Hall–Kier alpha value is -2.61. The molecule has 0 saturated heterocycles. The lowest BCUT2D eigenvalue weighted by atomic mass is 10.3. The van der Waals surface area contributed by atoms with Crippen LogP contribution in [0.5, 0.6) is 11.5 Å². The summed E-state index contributed by atoms with van der Waals surface area (Å²) >= 11 is 5.67. The molecule has 2 aromatic rings. The molecule has 25 heavy (non-hydrogen) atoms. The average Bonchev–Trinajstić information content (AvgIpc) is 2.57. The lowest BCUT2D eigenvalue weighted by molar-refractivity contribution is -0.140. The molecule has 132 valence electrons. The zero-order chi connectivity index (χ0) is 18.6. The lowest BCUT2D eigenvalue weighted by Crippen LogP contribution is -2.15. The summed E-state index contributed by atoms with van der Waals surface area (Å²) in [6, 6.07) is 4.93. The molecule has 0 aliphatic carbocycles. The van der Waals surface area contributed by atoms with Gasteiger partial charge in [-0.05, 0) is 24.3 Å². The van der Waals surface area contributed by atoms with Gasteiger partial charge in [-0.3, -0.25) is 9.59 Å². The Kier molecular flexibility index (Phi) is 5.97. The molecule has 4 nitrogen and oxygen atoms in total. The maximum Gasteiger partial charge on any atom is 0.311 e. The number of para-hydroxylation sites is 1. The van der Waals surface area contributed by atoms with Gasteiger partial charge in [-0.1, -0.05) is 17.7 Å². The minimum Gasteiger partial charge on any atom is -0.423 e. The van der Waals surface area contributed by atoms with Crippen molar-refractivity contribution in [3.8, 4) is 11.5 Å². The highest BCUT2D eigenvalue weighted by molar-refractivity contribution is 6.32. The van der Waals surface area contributed by atoms with Crippen molar-refractivity contribution in [2.24, 2.45) is 0 Å². The number of carbonyl (C=O) groups is 2. The Morgan fingerprint density at radius 1 is 0.840 bits per heavy atom. The van der Waals surface area contributed by atoms with Gasteiger partial charge in [0.05, 0.1) is 17.9 Å². The van der Waals surface area contributed by atoms with E-state index < -0.39 is 59.5 Å². The number of esters is 2. The fourth-order valence-electron chi connectivity index (χ4n) is 1.71. The van der Waals surface area contributed by atoms with Crippen LogP contribution in [0.3, 0.4) is 0 Å². The van der Waals surface area contributed by atoms with Crippen LogP contribution in [-0.4, -0.2) is 11.9 Å². The number of benzene rings is 2. The summed E-state index contributed by atoms with van der Waals surface area (Å²) in [7, 11) is 0. The predicted octanol–water partition coefficient (Wildman–Crippen LogP) is 4.19. The second-order valence-electron chi connectivity index (χ2n) is 4.67. The van der Waals surface area contributed by atoms with Crippen molar-refractivity contribution in [3.05, 3.63) is 58.6 Å². The standard InChI is InChI=1S/C16H9ClF4O4/c17-8-2-1-3-10(19)16(8)25-13(23)7-6-12(22)24-11-5-4-9(18)14(20)15(11)21/h1-5H,6-7H2. The molecule has 0 spiro atoms. The number of hydrogen-bond donors (Lipinski definition) is 0. The van der Waals surface area contributed by atoms with Crippen molar-refractivity contribution in [2.75, 3.05) is 0 Å². The normalized spacial score (nSPS) is 10.4. The molecule has 2 rings (SSSR count). The smallest absolute Gasteiger partial charge is 0.311 e. The van der Waals surface area contributed by atoms with E-state index in [9.17, 15) is 27.2 Å². The molecular weight excluding hydrogens is 368 g/mol. The summed E-state index contributed by atoms with van der Waals surface area (Å²) in [4.78, 5) is 23.1. The van der Waals surface area contributed by atoms with Crippen LogP contribution in [0.2, 0.25) is 5.02 Å². The Morgan fingerprint density at radius 3 is 2.12 bits per heavy atom. The number of carbonyl (C=O) groups excluding carboxylic acids is 2. The first kappa shape index (κ1) is 18.7. The van der Waals surface area contributed by atoms with E-state index in [0.29, 0.717) is 6.07 Å². The highest BCUT2D eigenvalue weighted by Crippen LogP contribution is 2.27. The van der Waals surface area contributed by atoms with E-state index in [4.69, 9.17) is 16.3 Å². The molecule has 0 atom stereocenters. The molecule has 2 aromatic carbocycles. The van der Waals surface area contributed by atoms with Crippen molar-refractivity contribution in [3.63, 3.8) is 0 Å². The topological polar surface area (TPSA) is 52.6 Å². The van der Waals surface area contributed by atoms with Crippen LogP contribution in [-0.2, 0) is 9.59 Å². The second-order valence-corrected chi connectivity index (χ2v) is 5.08. The Morgan fingerprint density at radius 2 is 1.48 bits per heavy atom. The van der Waals surface area contributed by atoms with Gasteiger partial charge < -0.3 is 9.47 Å². The van der Waals surface area contributed by atoms with Crippen LogP contribution in [0.4, 0.5) is 17.6 Å². The van der Waals surface area contributed by atoms with E-state index in [-0.39, 0.29) is 5.02 Å². The van der Waals surface area contributed by atoms with Crippen molar-refractivity contribution >= 4 is 23.5 Å². The summed E-state index contributed by atoms with van der Waals surface area (Å²) in [5, 5.41) is -0.139. The highest BCUT2D eigenvalue weighted by atomic mass is 35.5. The second kappa shape index (κ2) is 7.98. The van der Waals surface area contributed by atoms with E-state index in [1.165, 1.54) is 12.1 Å². The van der Waals surface area contributed by atoms with Crippen LogP contribution in [0.25, 0.3) is 0 Å². The summed E-state index contributed by atoms with van der Waals surface area (Å²) in [6.07, 6.45) is -1.10. The zero-order valence-corrected chi connectivity index (χ0v) is 13.1. The van der Waals surface area contributed by atoms with E-state index >= 15 is 0 Å². The third kappa shape index (κ3) is 4.69. The summed E-state index contributed by atoms with van der Waals surface area (Å²) in [5.74, 6) is -9.18. The fraction of sp³-hybridized carbons (Fsp3) is 0.125. The van der Waals surface area contributed by atoms with Gasteiger partial charge in [-0.15, -0.1) is 0 Å². The molecule has 0 bridgehead atoms. The maximum absolute atomic E-state index is 13.5. The third-order valence-electron chi connectivity index (χ3n) is 2.89. The van der Waals surface area contributed by atoms with Crippen LogP contribution >= 0.6 is 11.6 Å². The quantitative estimate of drug-likeness (QED) is 0.340. The molecule has 0 unspecified atom stereocenters. The molecule has 0 heterocycles. The van der Waals surface area contributed by atoms with Crippen LogP contribution in [0.1, 0.15) is 12.8 Å². The molecule has 9 heteroatoms. The first-order valence-electron chi connectivity index (χ1n) is 6.78. The van der Waals surface area contributed by atoms with Gasteiger partial charge >= 0.3 is 11.9 Å². The molecule has 0 fully saturated rings. The van der Waals surface area contributed by atoms with Crippen molar-refractivity contribution < 1.29 is 36.6 Å². The number of rotatable bonds is 5. The summed E-state index contributed by atoms with van der Waals surface area (Å²) < 4.78 is 61.8. The van der Waals surface area contributed by atoms with Gasteiger partial charge in [0, 0.05) is 0 Å². The monoisotopic (exact) mass is 376 g/mol. The van der Waals surface area contributed by atoms with Gasteiger partial charge in [0.15, 0.2) is 29.0 Å². The van der Waals surface area contributed by atoms with Crippen LogP contribution in [0, 0.1) is 23.3 Å². The van der Waals surface area contributed by atoms with Gasteiger partial charge in [0.25, 0.3) is 0 Å². The zero-order valence-electron chi connectivity index (χ0n) is 12.3. The largest absolute Gasteiger partial charge is 0.423 e. The van der Waals surface area contributed by atoms with Crippen LogP contribution < -0.4 is 9.47 Å². The first-order valence-corrected chi connectivity index (χ1v) is 7.16. The minimum absolute atomic E-state index is 0.139. The number of halogens is 5. The van der Waals surface area contributed by atoms with Gasteiger partial charge in [0.1, 0.15) is 0 Å². The van der Waals surface area contributed by atoms with Gasteiger partial charge in [-0.25, -0.2) is 13.2 Å². The van der Waals surface area contributed by atoms with Gasteiger partial charge in [-0.2, -0.15) is 4.39 Å². The fourth-order valence-corrected chi connectivity index (χ4v) is 1.91. The Labute approximate surface area is 143 Å². The minimum atomic E-state index is -1.79. The molecule has 0 radical (unpaired) electrons. The lowest BCUT2D eigenvalue weighted by Gasteiger charge is -2.08. The van der Waals surface area contributed by atoms with Crippen molar-refractivity contribution in [1.29, 1.82) is 0 Å². The van der Waals surface area contributed by atoms with E-state index in [1.807, 2.05) is 0 Å². The summed E-state index contributed by atoms with van der Waals surface area (Å²) in [5.41, 5.74) is 0. The van der Waals surface area contributed by atoms with Crippen molar-refractivity contribution in [1.82, 2.24) is 0 Å². The number of ether oxygens (including phenoxy) is 2. The molecule has 0 aliphatic rings. The Bertz CT molecular complexity index is 806. The van der Waals surface area contributed by atoms with Crippen molar-refractivity contribution in [2.45, 2.75) is 12.8 Å². The maximum atomic E-state index is 13.5. The average molecular weight is 377 g/mol. The third-order valence-corrected chi connectivity index (χ3v) is 3.19. The molecule has 0 amide bonds. The van der Waals surface area contributed by atoms with Gasteiger partial charge in [0.2, 0.25) is 5.82 Å². The predicted molar refractivity (Wildman–Crippen MR) is 78.2 cm³/mol. The van der Waals surface area contributed by atoms with Crippen LogP contribution in [0.15, 0.2) is 30.3 Å². The molecular formula is C16H9ClF4O4.